The van der Waals surface area contributed by atoms with Crippen LogP contribution in [-0.2, 0) is 7.05 Å². The molecule has 2 bridgehead atoms. The number of aromatic nitrogens is 6. The van der Waals surface area contributed by atoms with Crippen LogP contribution in [0.4, 0.5) is 5.82 Å². The molecule has 0 saturated carbocycles. The van der Waals surface area contributed by atoms with Crippen molar-refractivity contribution >= 4 is 16.9 Å². The van der Waals surface area contributed by atoms with E-state index in [1.165, 1.54) is 6.42 Å². The van der Waals surface area contributed by atoms with Crippen LogP contribution in [0.2, 0.25) is 0 Å². The molecular formula is C33H29N9. The zero-order valence-electron chi connectivity index (χ0n) is 23.4. The molecular weight excluding hydrogens is 522 g/mol. The Morgan fingerprint density at radius 2 is 1.86 bits per heavy atom. The maximum absolute atomic E-state index is 9.74. The summed E-state index contributed by atoms with van der Waals surface area (Å²) in [7, 11) is 1.90. The van der Waals surface area contributed by atoms with Crippen molar-refractivity contribution in [3.05, 3.63) is 90.9 Å². The number of piperidine rings is 1. The number of nitrogens with zero attached hydrogens (tertiary/aromatic N) is 9. The second-order valence-electron chi connectivity index (χ2n) is 11.0. The first-order chi connectivity index (χ1) is 20.5. The molecule has 0 aromatic carbocycles. The molecule has 0 aliphatic carbocycles. The van der Waals surface area contributed by atoms with Gasteiger partial charge in [0.1, 0.15) is 11.9 Å². The monoisotopic (exact) mass is 551 g/mol. The van der Waals surface area contributed by atoms with Crippen molar-refractivity contribution in [1.82, 2.24) is 34.3 Å². The number of fused-ring (bicyclic) bond motifs is 3. The molecule has 8 heterocycles. The Kier molecular flexibility index (Phi) is 6.30. The largest absolute Gasteiger partial charge is 0.353 e. The molecule has 3 fully saturated rings. The molecule has 0 amide bonds. The Morgan fingerprint density at radius 3 is 2.52 bits per heavy atom. The number of piperazine rings is 1. The van der Waals surface area contributed by atoms with Crippen molar-refractivity contribution in [2.45, 2.75) is 24.9 Å². The van der Waals surface area contributed by atoms with Gasteiger partial charge in [0.2, 0.25) is 0 Å². The summed E-state index contributed by atoms with van der Waals surface area (Å²) in [6.45, 7) is 7.14. The second kappa shape index (κ2) is 10.3. The van der Waals surface area contributed by atoms with Gasteiger partial charge in [-0.05, 0) is 48.7 Å². The van der Waals surface area contributed by atoms with Crippen molar-refractivity contribution in [2.24, 2.45) is 7.05 Å². The quantitative estimate of drug-likeness (QED) is 0.277. The number of nitriles is 1. The minimum Gasteiger partial charge on any atom is -0.353 e. The second-order valence-corrected chi connectivity index (χ2v) is 11.0. The third kappa shape index (κ3) is 4.50. The van der Waals surface area contributed by atoms with Gasteiger partial charge in [-0.1, -0.05) is 12.5 Å². The maximum atomic E-state index is 9.74. The number of pyridine rings is 3. The van der Waals surface area contributed by atoms with Gasteiger partial charge in [-0.2, -0.15) is 15.5 Å². The SMILES string of the molecule is C#Cc1ccc(C(=C)CCN2C3CC2CN(c2ccc(-c4cc(-c5cnn(C)c5)cn5ncc(C#N)c45)cn2)C3)nc1. The third-order valence-corrected chi connectivity index (χ3v) is 8.46. The molecule has 0 N–H and O–H groups in total. The minimum absolute atomic E-state index is 0.510. The molecule has 5 aromatic rings. The van der Waals surface area contributed by atoms with Gasteiger partial charge in [0.05, 0.1) is 29.2 Å². The molecule has 5 aromatic heterocycles. The van der Waals surface area contributed by atoms with Gasteiger partial charge in [0.15, 0.2) is 0 Å². The number of terminal acetylenes is 1. The fourth-order valence-corrected chi connectivity index (χ4v) is 6.20. The van der Waals surface area contributed by atoms with Crippen LogP contribution in [0.5, 0.6) is 0 Å². The molecule has 2 unspecified atom stereocenters. The summed E-state index contributed by atoms with van der Waals surface area (Å²) in [5, 5.41) is 18.5. The van der Waals surface area contributed by atoms with E-state index in [0.29, 0.717) is 17.6 Å². The molecule has 9 heteroatoms. The standard InChI is InChI=1S/C33H29N9/c1-4-23-5-7-31(35-14-23)22(2)9-10-41-28-12-29(41)21-40(20-28)32-8-6-24(15-36-32)30-11-25(27-17-37-39(3)18-27)19-42-33(30)26(13-34)16-38-42/h1,5-8,11,14-19,28-29H,2,9-10,12,20-21H2,3H3. The van der Waals surface area contributed by atoms with E-state index in [-0.39, 0.29) is 0 Å². The Hall–Kier alpha value is -5.25. The first-order valence-corrected chi connectivity index (χ1v) is 14.0. The van der Waals surface area contributed by atoms with Gasteiger partial charge >= 0.3 is 0 Å². The van der Waals surface area contributed by atoms with E-state index >= 15 is 0 Å². The predicted octanol–water partition coefficient (Wildman–Crippen LogP) is 4.41. The third-order valence-electron chi connectivity index (χ3n) is 8.46. The van der Waals surface area contributed by atoms with Crippen molar-refractivity contribution in [3.63, 3.8) is 0 Å². The smallest absolute Gasteiger partial charge is 0.128 e. The van der Waals surface area contributed by atoms with E-state index in [1.54, 1.807) is 21.6 Å². The molecule has 3 aliphatic heterocycles. The first-order valence-electron chi connectivity index (χ1n) is 14.0. The number of aryl methyl sites for hydroxylation is 1. The number of anilines is 1. The molecule has 2 atom stereocenters. The van der Waals surface area contributed by atoms with Crippen LogP contribution in [0.25, 0.3) is 33.3 Å². The summed E-state index contributed by atoms with van der Waals surface area (Å²) in [5.74, 6) is 3.58. The van der Waals surface area contributed by atoms with Crippen molar-refractivity contribution in [2.75, 3.05) is 24.5 Å². The lowest BCUT2D eigenvalue weighted by atomic mass is 9.86. The van der Waals surface area contributed by atoms with E-state index in [0.717, 1.165) is 76.5 Å². The number of rotatable bonds is 7. The fraction of sp³-hybridized carbons (Fsp3) is 0.242. The average molecular weight is 552 g/mol. The Balaban J connectivity index is 1.06. The van der Waals surface area contributed by atoms with Gasteiger partial charge in [0, 0.05) is 91.4 Å². The molecule has 8 rings (SSSR count). The highest BCUT2D eigenvalue weighted by Gasteiger charge is 2.44. The summed E-state index contributed by atoms with van der Waals surface area (Å²) in [6, 6.07) is 13.5. The Labute approximate surface area is 244 Å². The van der Waals surface area contributed by atoms with E-state index < -0.39 is 0 Å². The van der Waals surface area contributed by atoms with Crippen LogP contribution in [0, 0.1) is 23.7 Å². The lowest BCUT2D eigenvalue weighted by Gasteiger charge is -2.56. The van der Waals surface area contributed by atoms with Crippen LogP contribution in [-0.4, -0.2) is 66.0 Å². The lowest BCUT2D eigenvalue weighted by Crippen LogP contribution is -2.68. The van der Waals surface area contributed by atoms with Crippen LogP contribution >= 0.6 is 0 Å². The topological polar surface area (TPSA) is 91.2 Å². The summed E-state index contributed by atoms with van der Waals surface area (Å²) < 4.78 is 3.55. The predicted molar refractivity (Wildman–Crippen MR) is 162 cm³/mol. The Bertz CT molecular complexity index is 1870. The van der Waals surface area contributed by atoms with Crippen molar-refractivity contribution in [3.8, 4) is 40.7 Å². The number of hydrogen-bond acceptors (Lipinski definition) is 7. The normalized spacial score (nSPS) is 17.9. The van der Waals surface area contributed by atoms with E-state index in [4.69, 9.17) is 11.4 Å². The maximum Gasteiger partial charge on any atom is 0.128 e. The van der Waals surface area contributed by atoms with Crippen LogP contribution in [0.15, 0.2) is 74.1 Å². The van der Waals surface area contributed by atoms with Crippen molar-refractivity contribution in [1.29, 1.82) is 5.26 Å². The fourth-order valence-electron chi connectivity index (χ4n) is 6.20. The first kappa shape index (κ1) is 25.7. The highest BCUT2D eigenvalue weighted by atomic mass is 15.4. The Morgan fingerprint density at radius 1 is 1.00 bits per heavy atom. The van der Waals surface area contributed by atoms with Crippen LogP contribution < -0.4 is 4.90 Å². The van der Waals surface area contributed by atoms with Gasteiger partial charge in [0.25, 0.3) is 0 Å². The highest BCUT2D eigenvalue weighted by molar-refractivity contribution is 5.87. The van der Waals surface area contributed by atoms with Gasteiger partial charge < -0.3 is 4.90 Å². The van der Waals surface area contributed by atoms with Gasteiger partial charge in [-0.25, -0.2) is 9.50 Å². The summed E-state index contributed by atoms with van der Waals surface area (Å²) in [6.07, 6.45) is 18.5. The van der Waals surface area contributed by atoms with Crippen molar-refractivity contribution < 1.29 is 0 Å². The highest BCUT2D eigenvalue weighted by Crippen LogP contribution is 2.36. The zero-order valence-corrected chi connectivity index (χ0v) is 23.4. The van der Waals surface area contributed by atoms with E-state index in [2.05, 4.69) is 61.7 Å². The number of hydrogen-bond donors (Lipinski definition) is 0. The molecule has 206 valence electrons. The lowest BCUT2D eigenvalue weighted by molar-refractivity contribution is 0.00138. The summed E-state index contributed by atoms with van der Waals surface area (Å²) in [5.41, 5.74) is 7.86. The molecule has 3 saturated heterocycles. The van der Waals surface area contributed by atoms with Gasteiger partial charge in [-0.3, -0.25) is 14.6 Å². The van der Waals surface area contributed by atoms with E-state index in [1.807, 2.05) is 44.0 Å². The molecule has 0 radical (unpaired) electrons. The molecule has 42 heavy (non-hydrogen) atoms. The van der Waals surface area contributed by atoms with E-state index in [9.17, 15) is 5.26 Å². The zero-order chi connectivity index (χ0) is 28.8. The summed E-state index contributed by atoms with van der Waals surface area (Å²) in [4.78, 5) is 14.3. The molecule has 0 spiro atoms. The van der Waals surface area contributed by atoms with Crippen LogP contribution in [0.1, 0.15) is 29.7 Å². The molecule has 9 nitrogen and oxygen atoms in total. The van der Waals surface area contributed by atoms with Crippen LogP contribution in [0.3, 0.4) is 0 Å². The minimum atomic E-state index is 0.510. The summed E-state index contributed by atoms with van der Waals surface area (Å²) >= 11 is 0. The molecule has 3 aliphatic rings. The average Bonchev–Trinajstić information content (AvgIpc) is 3.66. The van der Waals surface area contributed by atoms with Gasteiger partial charge in [-0.15, -0.1) is 6.42 Å².